The van der Waals surface area contributed by atoms with Gasteiger partial charge in [-0.1, -0.05) is 13.8 Å². The third-order valence-corrected chi connectivity index (χ3v) is 2.82. The molecule has 1 aromatic rings. The highest BCUT2D eigenvalue weighted by atomic mass is 19.1. The van der Waals surface area contributed by atoms with Gasteiger partial charge in [-0.2, -0.15) is 0 Å². The van der Waals surface area contributed by atoms with E-state index >= 15 is 0 Å². The average molecular weight is 252 g/mol. The predicted octanol–water partition coefficient (Wildman–Crippen LogP) is 1.93. The molecular weight excluding hydrogens is 239 g/mol. The van der Waals surface area contributed by atoms with Crippen LogP contribution in [0, 0.1) is 11.2 Å². The van der Waals surface area contributed by atoms with Gasteiger partial charge in [0.25, 0.3) is 0 Å². The Morgan fingerprint density at radius 2 is 2.00 bits per heavy atom. The predicted molar refractivity (Wildman–Crippen MR) is 60.3 cm³/mol. The second-order valence-electron chi connectivity index (χ2n) is 4.89. The number of hydrogen-bond acceptors (Lipinski definition) is 4. The minimum absolute atomic E-state index is 0.201. The van der Waals surface area contributed by atoms with Crippen LogP contribution in [0.4, 0.5) is 4.39 Å². The number of hydrogen-bond donors (Lipinski definition) is 0. The van der Waals surface area contributed by atoms with E-state index in [0.717, 1.165) is 12.1 Å². The van der Waals surface area contributed by atoms with E-state index < -0.39 is 29.3 Å². The van der Waals surface area contributed by atoms with Crippen molar-refractivity contribution in [3.05, 3.63) is 35.6 Å². The molecular formula is C13H13FO4. The fraction of sp³-hybridized carbons (Fsp3) is 0.385. The molecule has 5 heteroatoms. The summed E-state index contributed by atoms with van der Waals surface area (Å²) in [5.41, 5.74) is -0.348. The zero-order chi connectivity index (χ0) is 13.3. The highest BCUT2D eigenvalue weighted by Gasteiger charge is 2.46. The molecule has 0 N–H and O–H groups in total. The first-order chi connectivity index (χ1) is 8.40. The Hall–Kier alpha value is -1.91. The number of cyclic esters (lactones) is 1. The van der Waals surface area contributed by atoms with Crippen LogP contribution in [0.25, 0.3) is 0 Å². The first-order valence-corrected chi connectivity index (χ1v) is 5.53. The standard InChI is InChI=1S/C13H13FO4/c1-13(2)7-17-12(16)10(13)18-11(15)8-3-5-9(14)6-4-8/h3-6,10H,7H2,1-2H3/t10-/m0/s1. The molecule has 0 bridgehead atoms. The zero-order valence-corrected chi connectivity index (χ0v) is 10.1. The van der Waals surface area contributed by atoms with Gasteiger partial charge in [-0.15, -0.1) is 0 Å². The van der Waals surface area contributed by atoms with Crippen LogP contribution < -0.4 is 0 Å². The molecule has 1 aromatic carbocycles. The van der Waals surface area contributed by atoms with Crippen molar-refractivity contribution in [2.75, 3.05) is 6.61 Å². The molecule has 0 unspecified atom stereocenters. The molecule has 1 fully saturated rings. The summed E-state index contributed by atoms with van der Waals surface area (Å²) in [6, 6.07) is 4.94. The average Bonchev–Trinajstić information content (AvgIpc) is 2.57. The highest BCUT2D eigenvalue weighted by molar-refractivity contribution is 5.92. The number of carbonyl (C=O) groups is 2. The molecule has 0 saturated carbocycles. The van der Waals surface area contributed by atoms with Crippen molar-refractivity contribution in [1.82, 2.24) is 0 Å². The van der Waals surface area contributed by atoms with Gasteiger partial charge in [0.2, 0.25) is 6.10 Å². The summed E-state index contributed by atoms with van der Waals surface area (Å²) in [4.78, 5) is 23.2. The lowest BCUT2D eigenvalue weighted by Gasteiger charge is -2.21. The molecule has 0 spiro atoms. The van der Waals surface area contributed by atoms with E-state index in [9.17, 15) is 14.0 Å². The minimum atomic E-state index is -0.921. The minimum Gasteiger partial charge on any atom is -0.462 e. The number of rotatable bonds is 2. The largest absolute Gasteiger partial charge is 0.462 e. The molecule has 96 valence electrons. The molecule has 1 aliphatic heterocycles. The zero-order valence-electron chi connectivity index (χ0n) is 10.1. The van der Waals surface area contributed by atoms with E-state index in [1.807, 2.05) is 0 Å². The van der Waals surface area contributed by atoms with Gasteiger partial charge in [0.1, 0.15) is 12.4 Å². The van der Waals surface area contributed by atoms with Crippen LogP contribution in [0.5, 0.6) is 0 Å². The summed E-state index contributed by atoms with van der Waals surface area (Å²) in [7, 11) is 0. The van der Waals surface area contributed by atoms with E-state index in [1.54, 1.807) is 13.8 Å². The van der Waals surface area contributed by atoms with Crippen LogP contribution in [0.1, 0.15) is 24.2 Å². The maximum atomic E-state index is 12.7. The normalized spacial score (nSPS) is 21.5. The van der Waals surface area contributed by atoms with Crippen LogP contribution in [-0.2, 0) is 14.3 Å². The summed E-state index contributed by atoms with van der Waals surface area (Å²) >= 11 is 0. The molecule has 0 aliphatic carbocycles. The summed E-state index contributed by atoms with van der Waals surface area (Å²) < 4.78 is 22.7. The van der Waals surface area contributed by atoms with E-state index in [2.05, 4.69) is 0 Å². The van der Waals surface area contributed by atoms with Gasteiger partial charge in [-0.05, 0) is 24.3 Å². The number of ether oxygens (including phenoxy) is 2. The fourth-order valence-electron chi connectivity index (χ4n) is 1.70. The smallest absolute Gasteiger partial charge is 0.348 e. The van der Waals surface area contributed by atoms with Crippen LogP contribution >= 0.6 is 0 Å². The van der Waals surface area contributed by atoms with Gasteiger partial charge in [0.15, 0.2) is 0 Å². The molecule has 2 rings (SSSR count). The number of halogens is 1. The second kappa shape index (κ2) is 4.40. The molecule has 1 saturated heterocycles. The maximum absolute atomic E-state index is 12.7. The van der Waals surface area contributed by atoms with E-state index in [4.69, 9.17) is 9.47 Å². The Morgan fingerprint density at radius 3 is 2.50 bits per heavy atom. The lowest BCUT2D eigenvalue weighted by Crippen LogP contribution is -2.34. The first kappa shape index (κ1) is 12.5. The third kappa shape index (κ3) is 2.34. The van der Waals surface area contributed by atoms with Crippen LogP contribution in [-0.4, -0.2) is 24.6 Å². The Kier molecular flexibility index (Phi) is 3.07. The lowest BCUT2D eigenvalue weighted by molar-refractivity contribution is -0.145. The Bertz CT molecular complexity index is 478. The van der Waals surface area contributed by atoms with Crippen molar-refractivity contribution >= 4 is 11.9 Å². The summed E-state index contributed by atoms with van der Waals surface area (Å²) in [5.74, 6) is -1.64. The van der Waals surface area contributed by atoms with E-state index in [-0.39, 0.29) is 12.2 Å². The number of benzene rings is 1. The molecule has 0 aromatic heterocycles. The number of carbonyl (C=O) groups excluding carboxylic acids is 2. The van der Waals surface area contributed by atoms with E-state index in [0.29, 0.717) is 0 Å². The van der Waals surface area contributed by atoms with Crippen molar-refractivity contribution in [2.45, 2.75) is 20.0 Å². The summed E-state index contributed by atoms with van der Waals surface area (Å²) in [6.45, 7) is 3.77. The van der Waals surface area contributed by atoms with Crippen LogP contribution in [0.3, 0.4) is 0 Å². The summed E-state index contributed by atoms with van der Waals surface area (Å²) in [5, 5.41) is 0. The SMILES string of the molecule is CC1(C)COC(=O)[C@@H]1OC(=O)c1ccc(F)cc1. The van der Waals surface area contributed by atoms with Crippen molar-refractivity contribution in [2.24, 2.45) is 5.41 Å². The van der Waals surface area contributed by atoms with Gasteiger partial charge < -0.3 is 9.47 Å². The van der Waals surface area contributed by atoms with Gasteiger partial charge in [0.05, 0.1) is 5.56 Å². The summed E-state index contributed by atoms with van der Waals surface area (Å²) in [6.07, 6.45) is -0.921. The topological polar surface area (TPSA) is 52.6 Å². The molecule has 0 radical (unpaired) electrons. The van der Waals surface area contributed by atoms with Gasteiger partial charge >= 0.3 is 11.9 Å². The quantitative estimate of drug-likeness (QED) is 0.755. The molecule has 18 heavy (non-hydrogen) atoms. The van der Waals surface area contributed by atoms with Crippen LogP contribution in [0.15, 0.2) is 24.3 Å². The molecule has 0 amide bonds. The van der Waals surface area contributed by atoms with E-state index in [1.165, 1.54) is 12.1 Å². The Labute approximate surface area is 104 Å². The van der Waals surface area contributed by atoms with Gasteiger partial charge in [-0.3, -0.25) is 0 Å². The van der Waals surface area contributed by atoms with Gasteiger partial charge in [-0.25, -0.2) is 14.0 Å². The van der Waals surface area contributed by atoms with Crippen molar-refractivity contribution in [3.8, 4) is 0 Å². The molecule has 1 heterocycles. The monoisotopic (exact) mass is 252 g/mol. The van der Waals surface area contributed by atoms with Crippen molar-refractivity contribution < 1.29 is 23.5 Å². The molecule has 1 aliphatic rings. The van der Waals surface area contributed by atoms with Crippen molar-refractivity contribution in [3.63, 3.8) is 0 Å². The number of esters is 2. The lowest BCUT2D eigenvalue weighted by atomic mass is 9.90. The Balaban J connectivity index is 2.12. The van der Waals surface area contributed by atoms with Crippen molar-refractivity contribution in [1.29, 1.82) is 0 Å². The van der Waals surface area contributed by atoms with Gasteiger partial charge in [0, 0.05) is 5.41 Å². The Morgan fingerprint density at radius 1 is 1.39 bits per heavy atom. The highest BCUT2D eigenvalue weighted by Crippen LogP contribution is 2.31. The fourth-order valence-corrected chi connectivity index (χ4v) is 1.70. The third-order valence-electron chi connectivity index (χ3n) is 2.82. The molecule has 4 nitrogen and oxygen atoms in total. The van der Waals surface area contributed by atoms with Crippen LogP contribution in [0.2, 0.25) is 0 Å². The maximum Gasteiger partial charge on any atom is 0.348 e. The first-order valence-electron chi connectivity index (χ1n) is 5.53. The second-order valence-corrected chi connectivity index (χ2v) is 4.89. The molecule has 1 atom stereocenters.